The first-order chi connectivity index (χ1) is 17.0. The number of hydrogen-bond donors (Lipinski definition) is 7. The molecule has 0 radical (unpaired) electrons. The molecule has 6 atom stereocenters. The molecule has 1 aromatic rings. The molecule has 2 heterocycles. The third-order valence-electron chi connectivity index (χ3n) is 4.58. The molecule has 214 valence electrons. The molecule has 1 saturated heterocycles. The van der Waals surface area contributed by atoms with E-state index in [2.05, 4.69) is 13.1 Å². The monoisotopic (exact) mass is 600 g/mol. The Morgan fingerprint density at radius 2 is 1.59 bits per heavy atom. The van der Waals surface area contributed by atoms with Crippen molar-refractivity contribution in [1.29, 1.82) is 0 Å². The molecule has 0 spiro atoms. The highest BCUT2D eigenvalue weighted by Gasteiger charge is 2.47. The van der Waals surface area contributed by atoms with Crippen LogP contribution in [0.2, 0.25) is 0 Å². The smallest absolute Gasteiger partial charge is 0.387 e. The summed E-state index contributed by atoms with van der Waals surface area (Å²) < 4.78 is 62.6. The van der Waals surface area contributed by atoms with Crippen LogP contribution in [0.5, 0.6) is 0 Å². The maximum Gasteiger partial charge on any atom is 0.490 e. The molecule has 37 heavy (non-hydrogen) atoms. The topological polar surface area (TPSA) is 283 Å². The standard InChI is InChI=1S/C15H27N2O17P3/c1-3-29-10(30-4-2)6-17-5-8(14(20)16-15(17)21)13-12(19)11(18)9(32-13)7-31-36(25,26)34-37(27,28)33-35(22,23)24/h5,9-13,18-19H,3-4,6-7H2,1-2H3,(H,25,26)(H,27,28)(H,16,20,21)(H2,22,23,24)/t9-,11-,12-,13+/m1/s1. The predicted molar refractivity (Wildman–Crippen MR) is 118 cm³/mol. The van der Waals surface area contributed by atoms with Gasteiger partial charge in [0, 0.05) is 19.4 Å². The van der Waals surface area contributed by atoms with Gasteiger partial charge < -0.3 is 44.0 Å². The Balaban J connectivity index is 2.17. The summed E-state index contributed by atoms with van der Waals surface area (Å²) in [5.74, 6) is 0. The molecule has 0 aromatic carbocycles. The number of rotatable bonds is 14. The van der Waals surface area contributed by atoms with Crippen molar-refractivity contribution in [2.24, 2.45) is 0 Å². The van der Waals surface area contributed by atoms with Crippen LogP contribution >= 0.6 is 23.5 Å². The Kier molecular flexibility index (Phi) is 11.1. The highest BCUT2D eigenvalue weighted by Crippen LogP contribution is 2.66. The third kappa shape index (κ3) is 9.54. The highest BCUT2D eigenvalue weighted by molar-refractivity contribution is 7.66. The van der Waals surface area contributed by atoms with Crippen molar-refractivity contribution in [1.82, 2.24) is 9.55 Å². The van der Waals surface area contributed by atoms with Gasteiger partial charge in [-0.2, -0.15) is 8.62 Å². The van der Waals surface area contributed by atoms with Crippen molar-refractivity contribution in [3.8, 4) is 0 Å². The van der Waals surface area contributed by atoms with Crippen molar-refractivity contribution < 1.29 is 70.8 Å². The first kappa shape index (κ1) is 32.1. The molecule has 0 bridgehead atoms. The molecular weight excluding hydrogens is 573 g/mol. The fraction of sp³-hybridized carbons (Fsp3) is 0.733. The van der Waals surface area contributed by atoms with Crippen molar-refractivity contribution in [2.45, 2.75) is 51.1 Å². The van der Waals surface area contributed by atoms with E-state index < -0.39 is 72.0 Å². The minimum Gasteiger partial charge on any atom is -0.387 e. The molecule has 7 N–H and O–H groups in total. The number of aliphatic hydroxyl groups is 2. The van der Waals surface area contributed by atoms with Crippen LogP contribution in [-0.2, 0) is 47.6 Å². The average Bonchev–Trinajstić information content (AvgIpc) is 3.00. The molecule has 1 fully saturated rings. The Labute approximate surface area is 208 Å². The predicted octanol–water partition coefficient (Wildman–Crippen LogP) is -1.56. The van der Waals surface area contributed by atoms with E-state index in [0.29, 0.717) is 0 Å². The van der Waals surface area contributed by atoms with Crippen LogP contribution in [-0.4, -0.2) is 83.8 Å². The fourth-order valence-electron chi connectivity index (χ4n) is 3.16. The lowest BCUT2D eigenvalue weighted by Gasteiger charge is -2.20. The minimum absolute atomic E-state index is 0.162. The maximum atomic E-state index is 12.4. The number of aromatic amines is 1. The molecule has 2 unspecified atom stereocenters. The van der Waals surface area contributed by atoms with Crippen LogP contribution in [0.15, 0.2) is 15.8 Å². The molecule has 19 nitrogen and oxygen atoms in total. The van der Waals surface area contributed by atoms with Crippen molar-refractivity contribution >= 4 is 23.5 Å². The third-order valence-corrected chi connectivity index (χ3v) is 8.38. The quantitative estimate of drug-likeness (QED) is 0.0938. The molecule has 2 rings (SSSR count). The summed E-state index contributed by atoms with van der Waals surface area (Å²) in [7, 11) is -16.9. The summed E-state index contributed by atoms with van der Waals surface area (Å²) >= 11 is 0. The summed E-state index contributed by atoms with van der Waals surface area (Å²) in [5, 5.41) is 20.6. The number of H-pyrrole nitrogens is 1. The fourth-order valence-corrected chi connectivity index (χ4v) is 6.19. The van der Waals surface area contributed by atoms with Gasteiger partial charge in [0.2, 0.25) is 0 Å². The molecule has 1 aliphatic heterocycles. The number of aliphatic hydroxyl groups excluding tert-OH is 2. The summed E-state index contributed by atoms with van der Waals surface area (Å²) in [5.41, 5.74) is -2.13. The number of phosphoric acid groups is 3. The van der Waals surface area contributed by atoms with Crippen molar-refractivity contribution in [2.75, 3.05) is 19.8 Å². The van der Waals surface area contributed by atoms with Crippen molar-refractivity contribution in [3.05, 3.63) is 32.6 Å². The van der Waals surface area contributed by atoms with Gasteiger partial charge in [-0.25, -0.2) is 18.5 Å². The van der Waals surface area contributed by atoms with Gasteiger partial charge in [0.25, 0.3) is 5.56 Å². The van der Waals surface area contributed by atoms with E-state index in [1.54, 1.807) is 13.8 Å². The SMILES string of the molecule is CCOC(Cn1cc([C@@H]2O[C@H](COP(=O)(O)OP(=O)(O)OP(=O)(O)O)[C@@H](O)[C@H]2O)c(=O)[nH]c1=O)OCC. The van der Waals surface area contributed by atoms with Crippen LogP contribution in [0.3, 0.4) is 0 Å². The average molecular weight is 600 g/mol. The zero-order valence-electron chi connectivity index (χ0n) is 19.3. The van der Waals surface area contributed by atoms with E-state index in [4.69, 9.17) is 24.0 Å². The van der Waals surface area contributed by atoms with E-state index in [9.17, 15) is 43.3 Å². The van der Waals surface area contributed by atoms with Gasteiger partial charge in [-0.1, -0.05) is 0 Å². The van der Waals surface area contributed by atoms with Gasteiger partial charge in [-0.15, -0.1) is 0 Å². The van der Waals surface area contributed by atoms with Crippen LogP contribution in [0.25, 0.3) is 0 Å². The second-order valence-corrected chi connectivity index (χ2v) is 11.7. The lowest BCUT2D eigenvalue weighted by molar-refractivity contribution is -0.144. The minimum atomic E-state index is -5.78. The maximum absolute atomic E-state index is 12.4. The molecule has 0 saturated carbocycles. The van der Waals surface area contributed by atoms with Crippen LogP contribution < -0.4 is 11.2 Å². The van der Waals surface area contributed by atoms with Crippen LogP contribution in [0.4, 0.5) is 0 Å². The Bertz CT molecular complexity index is 1170. The number of ether oxygens (including phenoxy) is 3. The summed E-state index contributed by atoms with van der Waals surface area (Å²) in [6.45, 7) is 2.66. The Morgan fingerprint density at radius 3 is 2.14 bits per heavy atom. The van der Waals surface area contributed by atoms with Crippen LogP contribution in [0, 0.1) is 0 Å². The Morgan fingerprint density at radius 1 is 1.00 bits per heavy atom. The lowest BCUT2D eigenvalue weighted by atomic mass is 10.0. The number of aromatic nitrogens is 2. The van der Waals surface area contributed by atoms with E-state index in [-0.39, 0.29) is 25.3 Å². The number of phosphoric ester groups is 1. The number of hydrogen-bond acceptors (Lipinski definition) is 13. The Hall–Kier alpha value is -1.11. The largest absolute Gasteiger partial charge is 0.490 e. The van der Waals surface area contributed by atoms with Gasteiger partial charge in [0.15, 0.2) is 6.29 Å². The molecular formula is C15H27N2O17P3. The van der Waals surface area contributed by atoms with E-state index in [1.807, 2.05) is 4.98 Å². The zero-order chi connectivity index (χ0) is 28.2. The second-order valence-electron chi connectivity index (χ2n) is 7.30. The summed E-state index contributed by atoms with van der Waals surface area (Å²) in [4.78, 5) is 62.4. The van der Waals surface area contributed by atoms with Gasteiger partial charge in [-0.05, 0) is 13.8 Å². The molecule has 1 aliphatic rings. The molecule has 1 aromatic heterocycles. The van der Waals surface area contributed by atoms with Gasteiger partial charge in [0.1, 0.15) is 24.4 Å². The van der Waals surface area contributed by atoms with Crippen LogP contribution in [0.1, 0.15) is 25.5 Å². The van der Waals surface area contributed by atoms with Gasteiger partial charge >= 0.3 is 29.2 Å². The molecule has 0 amide bonds. The summed E-state index contributed by atoms with van der Waals surface area (Å²) in [6.07, 6.45) is -6.66. The van der Waals surface area contributed by atoms with Gasteiger partial charge in [-0.3, -0.25) is 18.9 Å². The first-order valence-corrected chi connectivity index (χ1v) is 14.9. The lowest BCUT2D eigenvalue weighted by Crippen LogP contribution is -2.38. The van der Waals surface area contributed by atoms with E-state index in [0.717, 1.165) is 10.8 Å². The zero-order valence-corrected chi connectivity index (χ0v) is 21.9. The number of nitrogens with zero attached hydrogens (tertiary/aromatic N) is 1. The normalized spacial score (nSPS) is 25.8. The second kappa shape index (κ2) is 12.8. The van der Waals surface area contributed by atoms with Crippen molar-refractivity contribution in [3.63, 3.8) is 0 Å². The first-order valence-electron chi connectivity index (χ1n) is 10.4. The number of nitrogens with one attached hydrogen (secondary N) is 1. The van der Waals surface area contributed by atoms with E-state index in [1.165, 1.54) is 0 Å². The summed E-state index contributed by atoms with van der Waals surface area (Å²) in [6, 6.07) is 0. The van der Waals surface area contributed by atoms with Gasteiger partial charge in [0.05, 0.1) is 18.7 Å². The highest BCUT2D eigenvalue weighted by atomic mass is 31.3. The van der Waals surface area contributed by atoms with E-state index >= 15 is 0 Å². The molecule has 22 heteroatoms. The molecule has 0 aliphatic carbocycles.